The van der Waals surface area contributed by atoms with Gasteiger partial charge in [0.05, 0.1) is 29.0 Å². The molecule has 1 aliphatic heterocycles. The molecule has 0 spiro atoms. The maximum absolute atomic E-state index is 13.6. The molecule has 0 aliphatic carbocycles. The first kappa shape index (κ1) is 30.9. The van der Waals surface area contributed by atoms with Gasteiger partial charge in [-0.3, -0.25) is 9.69 Å². The molecule has 1 saturated heterocycles. The Bertz CT molecular complexity index is 1630. The molecule has 2 aromatic heterocycles. The standard InChI is InChI=1S/C26H35N7O8S/c1-4-7-22-21(17-27-35)19(5-2)24-26(34)28-25(29-32(22)24)20-16-18(8-9-23(20)40-6-3)42(38,39)31-12-10-30(11-13-31)14-15-41-33(36)37/h8-9,16-17,35H,4-7,10-15H2,1-3H3,(H,28,29,34)/b27-17+. The van der Waals surface area contributed by atoms with Crippen LogP contribution >= 0.6 is 0 Å². The average molecular weight is 606 g/mol. The first-order chi connectivity index (χ1) is 20.2. The molecule has 42 heavy (non-hydrogen) atoms. The van der Waals surface area contributed by atoms with Gasteiger partial charge in [-0.05, 0) is 43.5 Å². The number of H-pyrrole nitrogens is 1. The average Bonchev–Trinajstić information content (AvgIpc) is 3.26. The molecule has 3 heterocycles. The smallest absolute Gasteiger partial charge is 0.294 e. The minimum atomic E-state index is -3.93. The highest BCUT2D eigenvalue weighted by molar-refractivity contribution is 7.89. The van der Waals surface area contributed by atoms with Crippen molar-refractivity contribution in [3.05, 3.63) is 55.5 Å². The Kier molecular flexibility index (Phi) is 9.80. The number of benzene rings is 1. The van der Waals surface area contributed by atoms with Crippen molar-refractivity contribution in [3.8, 4) is 17.1 Å². The van der Waals surface area contributed by atoms with E-state index >= 15 is 0 Å². The predicted octanol–water partition coefficient (Wildman–Crippen LogP) is 1.93. The largest absolute Gasteiger partial charge is 0.493 e. The molecular weight excluding hydrogens is 570 g/mol. The van der Waals surface area contributed by atoms with Gasteiger partial charge in [0.15, 0.2) is 5.82 Å². The van der Waals surface area contributed by atoms with Crippen LogP contribution in [0.15, 0.2) is 33.0 Å². The van der Waals surface area contributed by atoms with Gasteiger partial charge in [0.2, 0.25) is 10.0 Å². The molecule has 0 atom stereocenters. The summed E-state index contributed by atoms with van der Waals surface area (Å²) in [5, 5.41) is 26.8. The van der Waals surface area contributed by atoms with Crippen molar-refractivity contribution in [2.45, 2.75) is 44.9 Å². The summed E-state index contributed by atoms with van der Waals surface area (Å²) < 4.78 is 36.0. The molecule has 15 nitrogen and oxygen atoms in total. The van der Waals surface area contributed by atoms with E-state index in [0.29, 0.717) is 72.7 Å². The van der Waals surface area contributed by atoms with Crippen LogP contribution < -0.4 is 10.3 Å². The second-order valence-corrected chi connectivity index (χ2v) is 11.6. The molecule has 4 rings (SSSR count). The van der Waals surface area contributed by atoms with Crippen molar-refractivity contribution in [1.82, 2.24) is 23.8 Å². The van der Waals surface area contributed by atoms with Gasteiger partial charge >= 0.3 is 0 Å². The second-order valence-electron chi connectivity index (χ2n) is 9.64. The number of oxime groups is 1. The van der Waals surface area contributed by atoms with Gasteiger partial charge in [-0.25, -0.2) is 12.9 Å². The van der Waals surface area contributed by atoms with Gasteiger partial charge in [-0.15, -0.1) is 15.2 Å². The molecule has 1 aliphatic rings. The maximum atomic E-state index is 13.6. The number of hydrogen-bond acceptors (Lipinski definition) is 11. The summed E-state index contributed by atoms with van der Waals surface area (Å²) in [6.07, 6.45) is 3.13. The van der Waals surface area contributed by atoms with E-state index in [1.54, 1.807) is 17.5 Å². The SMILES string of the molecule is CCCc1c(/C=N/O)c(CC)c2c(=O)[nH]c(-c3cc(S(=O)(=O)N4CCN(CCO[N+](=O)[O-])CC4)ccc3OCC)nn12. The van der Waals surface area contributed by atoms with Crippen LogP contribution in [0.5, 0.6) is 5.75 Å². The van der Waals surface area contributed by atoms with Crippen LogP contribution in [-0.4, -0.2) is 94.7 Å². The molecular formula is C26H35N7O8S. The summed E-state index contributed by atoms with van der Waals surface area (Å²) in [6.45, 7) is 7.38. The zero-order chi connectivity index (χ0) is 30.4. The molecule has 1 aromatic carbocycles. The first-order valence-corrected chi connectivity index (χ1v) is 15.2. The fourth-order valence-corrected chi connectivity index (χ4v) is 6.65. The third-order valence-corrected chi connectivity index (χ3v) is 9.04. The van der Waals surface area contributed by atoms with E-state index in [9.17, 15) is 28.5 Å². The molecule has 0 unspecified atom stereocenters. The summed E-state index contributed by atoms with van der Waals surface area (Å²) in [5.74, 6) is 0.484. The van der Waals surface area contributed by atoms with Crippen molar-refractivity contribution in [2.24, 2.45) is 5.16 Å². The molecule has 2 N–H and O–H groups in total. The highest BCUT2D eigenvalue weighted by atomic mass is 32.2. The van der Waals surface area contributed by atoms with Crippen LogP contribution in [0.4, 0.5) is 0 Å². The Morgan fingerprint density at radius 3 is 2.57 bits per heavy atom. The van der Waals surface area contributed by atoms with E-state index in [1.807, 2.05) is 18.7 Å². The van der Waals surface area contributed by atoms with Gasteiger partial charge < -0.3 is 19.8 Å². The normalized spacial score (nSPS) is 15.0. The van der Waals surface area contributed by atoms with Gasteiger partial charge in [-0.1, -0.05) is 25.4 Å². The summed E-state index contributed by atoms with van der Waals surface area (Å²) in [6, 6.07) is 4.45. The molecule has 0 amide bonds. The lowest BCUT2D eigenvalue weighted by molar-refractivity contribution is -0.757. The Morgan fingerprint density at radius 2 is 1.95 bits per heavy atom. The molecule has 3 aromatic rings. The van der Waals surface area contributed by atoms with Crippen LogP contribution in [0, 0.1) is 10.1 Å². The van der Waals surface area contributed by atoms with Gasteiger partial charge in [0.1, 0.15) is 17.9 Å². The monoisotopic (exact) mass is 605 g/mol. The fraction of sp³-hybridized carbons (Fsp3) is 0.500. The molecule has 228 valence electrons. The van der Waals surface area contributed by atoms with Crippen LogP contribution in [0.25, 0.3) is 16.9 Å². The van der Waals surface area contributed by atoms with Crippen LogP contribution in [0.3, 0.4) is 0 Å². The third-order valence-electron chi connectivity index (χ3n) is 7.14. The highest BCUT2D eigenvalue weighted by Gasteiger charge is 2.30. The van der Waals surface area contributed by atoms with Gasteiger partial charge in [0, 0.05) is 38.3 Å². The minimum Gasteiger partial charge on any atom is -0.493 e. The molecule has 0 saturated carbocycles. The zero-order valence-electron chi connectivity index (χ0n) is 23.8. The van der Waals surface area contributed by atoms with E-state index in [2.05, 4.69) is 15.0 Å². The third kappa shape index (κ3) is 6.24. The number of nitrogens with one attached hydrogen (secondary N) is 1. The van der Waals surface area contributed by atoms with E-state index in [1.165, 1.54) is 22.7 Å². The van der Waals surface area contributed by atoms with Gasteiger partial charge in [0.25, 0.3) is 10.6 Å². The van der Waals surface area contributed by atoms with Crippen molar-refractivity contribution in [2.75, 3.05) is 45.9 Å². The van der Waals surface area contributed by atoms with Crippen molar-refractivity contribution in [1.29, 1.82) is 0 Å². The fourth-order valence-electron chi connectivity index (χ4n) is 5.20. The predicted molar refractivity (Wildman–Crippen MR) is 153 cm³/mol. The van der Waals surface area contributed by atoms with E-state index in [0.717, 1.165) is 6.42 Å². The zero-order valence-corrected chi connectivity index (χ0v) is 24.6. The molecule has 16 heteroatoms. The number of ether oxygens (including phenoxy) is 1. The summed E-state index contributed by atoms with van der Waals surface area (Å²) in [7, 11) is -3.93. The van der Waals surface area contributed by atoms with Crippen molar-refractivity contribution >= 4 is 21.8 Å². The lowest BCUT2D eigenvalue weighted by atomic mass is 10.1. The topological polar surface area (TPSA) is 185 Å². The summed E-state index contributed by atoms with van der Waals surface area (Å²) in [5.41, 5.74) is 2.25. The number of aromatic amines is 1. The number of piperazine rings is 1. The van der Waals surface area contributed by atoms with Crippen LogP contribution in [-0.2, 0) is 27.7 Å². The maximum Gasteiger partial charge on any atom is 0.294 e. The molecule has 0 radical (unpaired) electrons. The Labute approximate surface area is 242 Å². The van der Waals surface area contributed by atoms with Crippen molar-refractivity contribution < 1.29 is 28.3 Å². The number of aryl methyl sites for hydroxylation is 2. The van der Waals surface area contributed by atoms with E-state index < -0.39 is 20.7 Å². The highest BCUT2D eigenvalue weighted by Crippen LogP contribution is 2.32. The lowest BCUT2D eigenvalue weighted by Crippen LogP contribution is -2.49. The molecule has 1 fully saturated rings. The number of rotatable bonds is 13. The number of hydrogen-bond donors (Lipinski definition) is 2. The van der Waals surface area contributed by atoms with E-state index in [4.69, 9.17) is 9.84 Å². The van der Waals surface area contributed by atoms with Gasteiger partial charge in [-0.2, -0.15) is 4.31 Å². The van der Waals surface area contributed by atoms with E-state index in [-0.39, 0.29) is 30.4 Å². The quantitative estimate of drug-likeness (QED) is 0.126. The number of fused-ring (bicyclic) bond motifs is 1. The first-order valence-electron chi connectivity index (χ1n) is 13.8. The Balaban J connectivity index is 1.74. The minimum absolute atomic E-state index is 0.0115. The summed E-state index contributed by atoms with van der Waals surface area (Å²) in [4.78, 5) is 32.9. The van der Waals surface area contributed by atoms with Crippen LogP contribution in [0.1, 0.15) is 44.0 Å². The van der Waals surface area contributed by atoms with Crippen LogP contribution in [0.2, 0.25) is 0 Å². The number of nitrogens with zero attached hydrogens (tertiary/aromatic N) is 6. The Morgan fingerprint density at radius 1 is 1.21 bits per heavy atom. The second kappa shape index (κ2) is 13.3. The molecule has 0 bridgehead atoms. The summed E-state index contributed by atoms with van der Waals surface area (Å²) >= 11 is 0. The lowest BCUT2D eigenvalue weighted by Gasteiger charge is -2.33. The Hall–Kier alpha value is -4.02. The van der Waals surface area contributed by atoms with Crippen molar-refractivity contribution in [3.63, 3.8) is 0 Å². The number of aromatic nitrogens is 3. The number of sulfonamides is 1.